The summed E-state index contributed by atoms with van der Waals surface area (Å²) in [6, 6.07) is 6.99. The summed E-state index contributed by atoms with van der Waals surface area (Å²) in [5.74, 6) is 1.75. The van der Waals surface area contributed by atoms with Gasteiger partial charge in [-0.2, -0.15) is 0 Å². The standard InChI is InChI=1S/C18H28N2O3/c1-22-17-6-3-7-18(23-2)16(17)13-20-12-14-5-4-9-19(14)11-15(20)8-10-21/h3,6-7,14-15,21H,4-5,8-13H2,1-2H3/t14-,15-/m0/s1. The van der Waals surface area contributed by atoms with Crippen molar-refractivity contribution in [2.24, 2.45) is 0 Å². The first kappa shape index (κ1) is 16.6. The molecule has 3 rings (SSSR count). The molecular weight excluding hydrogens is 292 g/mol. The number of ether oxygens (including phenoxy) is 2. The van der Waals surface area contributed by atoms with Crippen molar-refractivity contribution >= 4 is 0 Å². The molecule has 0 aromatic heterocycles. The Balaban J connectivity index is 1.82. The van der Waals surface area contributed by atoms with E-state index in [0.29, 0.717) is 12.1 Å². The number of rotatable bonds is 6. The van der Waals surface area contributed by atoms with Crippen LogP contribution in [0, 0.1) is 0 Å². The van der Waals surface area contributed by atoms with E-state index in [-0.39, 0.29) is 6.61 Å². The minimum atomic E-state index is 0.239. The molecule has 2 heterocycles. The summed E-state index contributed by atoms with van der Waals surface area (Å²) >= 11 is 0. The average Bonchev–Trinajstić information content (AvgIpc) is 3.02. The van der Waals surface area contributed by atoms with Gasteiger partial charge < -0.3 is 14.6 Å². The van der Waals surface area contributed by atoms with E-state index in [2.05, 4.69) is 9.80 Å². The van der Waals surface area contributed by atoms with Gasteiger partial charge in [0.25, 0.3) is 0 Å². The molecule has 2 fully saturated rings. The molecule has 2 atom stereocenters. The van der Waals surface area contributed by atoms with Crippen LogP contribution in [0.1, 0.15) is 24.8 Å². The van der Waals surface area contributed by atoms with Crippen molar-refractivity contribution < 1.29 is 14.6 Å². The highest BCUT2D eigenvalue weighted by atomic mass is 16.5. The SMILES string of the molecule is COc1cccc(OC)c1CN1C[C@@H]2CCCN2C[C@@H]1CCO. The molecule has 2 aliphatic rings. The monoisotopic (exact) mass is 320 g/mol. The van der Waals surface area contributed by atoms with Crippen molar-refractivity contribution in [3.05, 3.63) is 23.8 Å². The molecule has 2 aliphatic heterocycles. The number of aliphatic hydroxyl groups is 1. The summed E-state index contributed by atoms with van der Waals surface area (Å²) in [5, 5.41) is 9.45. The predicted molar refractivity (Wildman–Crippen MR) is 90.0 cm³/mol. The molecule has 0 spiro atoms. The summed E-state index contributed by atoms with van der Waals surface area (Å²) < 4.78 is 11.1. The van der Waals surface area contributed by atoms with E-state index >= 15 is 0 Å². The van der Waals surface area contributed by atoms with Crippen LogP contribution in [-0.2, 0) is 6.54 Å². The molecule has 0 radical (unpaired) electrons. The van der Waals surface area contributed by atoms with E-state index in [1.165, 1.54) is 19.4 Å². The van der Waals surface area contributed by atoms with Gasteiger partial charge in [-0.3, -0.25) is 9.80 Å². The molecule has 0 saturated carbocycles. The number of aliphatic hydroxyl groups excluding tert-OH is 1. The predicted octanol–water partition coefficient (Wildman–Crippen LogP) is 1.73. The minimum Gasteiger partial charge on any atom is -0.496 e. The summed E-state index contributed by atoms with van der Waals surface area (Å²) in [7, 11) is 3.41. The molecule has 5 nitrogen and oxygen atoms in total. The van der Waals surface area contributed by atoms with Crippen LogP contribution in [0.5, 0.6) is 11.5 Å². The number of fused-ring (bicyclic) bond motifs is 1. The quantitative estimate of drug-likeness (QED) is 0.865. The van der Waals surface area contributed by atoms with E-state index in [9.17, 15) is 5.11 Å². The summed E-state index contributed by atoms with van der Waals surface area (Å²) in [4.78, 5) is 5.10. The van der Waals surface area contributed by atoms with Crippen LogP contribution < -0.4 is 9.47 Å². The maximum Gasteiger partial charge on any atom is 0.127 e. The van der Waals surface area contributed by atoms with Gasteiger partial charge in [0.15, 0.2) is 0 Å². The second-order valence-corrected chi connectivity index (χ2v) is 6.53. The summed E-state index contributed by atoms with van der Waals surface area (Å²) in [6.07, 6.45) is 3.40. The molecule has 0 unspecified atom stereocenters. The molecule has 0 bridgehead atoms. The highest BCUT2D eigenvalue weighted by Crippen LogP contribution is 2.33. The van der Waals surface area contributed by atoms with Gasteiger partial charge in [0.1, 0.15) is 11.5 Å². The first-order valence-electron chi connectivity index (χ1n) is 8.55. The minimum absolute atomic E-state index is 0.239. The zero-order chi connectivity index (χ0) is 16.2. The fraction of sp³-hybridized carbons (Fsp3) is 0.667. The maximum absolute atomic E-state index is 9.45. The lowest BCUT2D eigenvalue weighted by molar-refractivity contribution is 0.0325. The number of piperazine rings is 1. The van der Waals surface area contributed by atoms with Crippen LogP contribution in [0.2, 0.25) is 0 Å². The summed E-state index contributed by atoms with van der Waals surface area (Å²) in [6.45, 7) is 4.37. The topological polar surface area (TPSA) is 45.2 Å². The molecule has 0 amide bonds. The second-order valence-electron chi connectivity index (χ2n) is 6.53. The second kappa shape index (κ2) is 7.51. The van der Waals surface area contributed by atoms with Gasteiger partial charge in [0.2, 0.25) is 0 Å². The third-order valence-electron chi connectivity index (χ3n) is 5.26. The highest BCUT2D eigenvalue weighted by Gasteiger charge is 2.36. The van der Waals surface area contributed by atoms with Gasteiger partial charge in [-0.1, -0.05) is 6.07 Å². The van der Waals surface area contributed by atoms with E-state index in [1.54, 1.807) is 14.2 Å². The number of nitrogens with zero attached hydrogens (tertiary/aromatic N) is 2. The number of hydrogen-bond donors (Lipinski definition) is 1. The molecule has 1 aromatic rings. The lowest BCUT2D eigenvalue weighted by atomic mass is 10.0. The third kappa shape index (κ3) is 3.47. The van der Waals surface area contributed by atoms with Crippen molar-refractivity contribution in [1.29, 1.82) is 0 Å². The Bertz CT molecular complexity index is 501. The lowest BCUT2D eigenvalue weighted by Gasteiger charge is -2.44. The van der Waals surface area contributed by atoms with Gasteiger partial charge in [0, 0.05) is 38.3 Å². The normalized spacial score (nSPS) is 25.3. The van der Waals surface area contributed by atoms with Crippen LogP contribution in [-0.4, -0.2) is 67.5 Å². The van der Waals surface area contributed by atoms with Gasteiger partial charge >= 0.3 is 0 Å². The third-order valence-corrected chi connectivity index (χ3v) is 5.26. The fourth-order valence-electron chi connectivity index (χ4n) is 4.05. The van der Waals surface area contributed by atoms with E-state index < -0.39 is 0 Å². The van der Waals surface area contributed by atoms with Gasteiger partial charge in [-0.15, -0.1) is 0 Å². The Kier molecular flexibility index (Phi) is 5.41. The molecule has 128 valence electrons. The Morgan fingerprint density at radius 1 is 1.17 bits per heavy atom. The van der Waals surface area contributed by atoms with E-state index in [0.717, 1.165) is 43.1 Å². The van der Waals surface area contributed by atoms with Crippen LogP contribution in [0.4, 0.5) is 0 Å². The molecule has 5 heteroatoms. The molecule has 23 heavy (non-hydrogen) atoms. The number of hydrogen-bond acceptors (Lipinski definition) is 5. The van der Waals surface area contributed by atoms with Crippen molar-refractivity contribution in [2.75, 3.05) is 40.5 Å². The molecule has 1 aromatic carbocycles. The average molecular weight is 320 g/mol. The van der Waals surface area contributed by atoms with Crippen LogP contribution in [0.3, 0.4) is 0 Å². The van der Waals surface area contributed by atoms with Gasteiger partial charge in [-0.25, -0.2) is 0 Å². The summed E-state index contributed by atoms with van der Waals surface area (Å²) in [5.41, 5.74) is 1.10. The van der Waals surface area contributed by atoms with Crippen molar-refractivity contribution in [3.8, 4) is 11.5 Å². The van der Waals surface area contributed by atoms with Crippen molar-refractivity contribution in [2.45, 2.75) is 37.9 Å². The Labute approximate surface area is 138 Å². The molecular formula is C18H28N2O3. The van der Waals surface area contributed by atoms with Crippen LogP contribution in [0.15, 0.2) is 18.2 Å². The largest absolute Gasteiger partial charge is 0.496 e. The van der Waals surface area contributed by atoms with Gasteiger partial charge in [0.05, 0.1) is 19.8 Å². The van der Waals surface area contributed by atoms with E-state index in [1.807, 2.05) is 18.2 Å². The smallest absolute Gasteiger partial charge is 0.127 e. The zero-order valence-electron chi connectivity index (χ0n) is 14.2. The molecule has 1 N–H and O–H groups in total. The molecule has 2 saturated heterocycles. The van der Waals surface area contributed by atoms with E-state index in [4.69, 9.17) is 9.47 Å². The first-order chi connectivity index (χ1) is 11.3. The lowest BCUT2D eigenvalue weighted by Crippen LogP contribution is -2.55. The van der Waals surface area contributed by atoms with Crippen molar-refractivity contribution in [3.63, 3.8) is 0 Å². The molecule has 0 aliphatic carbocycles. The fourth-order valence-corrected chi connectivity index (χ4v) is 4.05. The highest BCUT2D eigenvalue weighted by molar-refractivity contribution is 5.44. The Morgan fingerprint density at radius 2 is 1.91 bits per heavy atom. The van der Waals surface area contributed by atoms with Gasteiger partial charge in [-0.05, 0) is 37.9 Å². The Hall–Kier alpha value is -1.30. The number of benzene rings is 1. The van der Waals surface area contributed by atoms with Crippen LogP contribution >= 0.6 is 0 Å². The van der Waals surface area contributed by atoms with Crippen LogP contribution in [0.25, 0.3) is 0 Å². The Morgan fingerprint density at radius 3 is 2.57 bits per heavy atom. The first-order valence-corrected chi connectivity index (χ1v) is 8.55. The zero-order valence-corrected chi connectivity index (χ0v) is 14.2. The van der Waals surface area contributed by atoms with Crippen molar-refractivity contribution in [1.82, 2.24) is 9.80 Å². The number of methoxy groups -OCH3 is 2. The maximum atomic E-state index is 9.45.